The number of hydrogen-bond acceptors (Lipinski definition) is 4. The maximum Gasteiger partial charge on any atom is 0.411 e. The molecule has 1 aliphatic heterocycles. The zero-order valence-electron chi connectivity index (χ0n) is 13.8. The minimum absolute atomic E-state index is 0.101. The number of fused-ring (bicyclic) bond motifs is 3. The van der Waals surface area contributed by atoms with Crippen molar-refractivity contribution in [2.75, 3.05) is 0 Å². The zero-order valence-corrected chi connectivity index (χ0v) is 13.8. The molecule has 0 unspecified atom stereocenters. The van der Waals surface area contributed by atoms with Crippen LogP contribution in [-0.2, 0) is 4.74 Å². The summed E-state index contributed by atoms with van der Waals surface area (Å²) in [6, 6.07) is 7.88. The van der Waals surface area contributed by atoms with Gasteiger partial charge in [-0.3, -0.25) is 4.90 Å². The molecular formula is C18H22N2O3. The molecule has 1 saturated heterocycles. The molecule has 0 radical (unpaired) electrons. The van der Waals surface area contributed by atoms with Crippen molar-refractivity contribution in [2.24, 2.45) is 5.92 Å². The Hall–Kier alpha value is -2.04. The van der Waals surface area contributed by atoms with E-state index >= 15 is 0 Å². The van der Waals surface area contributed by atoms with Crippen LogP contribution in [0.5, 0.6) is 0 Å². The van der Waals surface area contributed by atoms with Crippen molar-refractivity contribution < 1.29 is 13.9 Å². The maximum atomic E-state index is 12.7. The van der Waals surface area contributed by atoms with Crippen molar-refractivity contribution >= 4 is 17.2 Å². The van der Waals surface area contributed by atoms with Crippen LogP contribution >= 0.6 is 0 Å². The highest BCUT2D eigenvalue weighted by Gasteiger charge is 2.52. The van der Waals surface area contributed by atoms with Gasteiger partial charge in [0.2, 0.25) is 5.89 Å². The molecule has 2 fully saturated rings. The molecule has 4 rings (SSSR count). The molecule has 23 heavy (non-hydrogen) atoms. The Kier molecular flexibility index (Phi) is 3.15. The van der Waals surface area contributed by atoms with E-state index in [9.17, 15) is 4.79 Å². The number of hydrogen-bond donors (Lipinski definition) is 0. The molecule has 1 amide bonds. The smallest absolute Gasteiger partial charge is 0.411 e. The van der Waals surface area contributed by atoms with Crippen molar-refractivity contribution in [1.29, 1.82) is 0 Å². The second-order valence-electron chi connectivity index (χ2n) is 7.58. The molecule has 3 atom stereocenters. The molecule has 2 aromatic rings. The lowest BCUT2D eigenvalue weighted by Crippen LogP contribution is -2.43. The Morgan fingerprint density at radius 1 is 1.30 bits per heavy atom. The number of aromatic nitrogens is 1. The van der Waals surface area contributed by atoms with E-state index in [4.69, 9.17) is 9.15 Å². The quantitative estimate of drug-likeness (QED) is 0.788. The molecule has 122 valence electrons. The van der Waals surface area contributed by atoms with Crippen LogP contribution < -0.4 is 0 Å². The molecule has 0 spiro atoms. The van der Waals surface area contributed by atoms with Crippen LogP contribution in [0.25, 0.3) is 11.1 Å². The van der Waals surface area contributed by atoms with E-state index in [-0.39, 0.29) is 18.2 Å². The monoisotopic (exact) mass is 314 g/mol. The Morgan fingerprint density at radius 2 is 2.09 bits per heavy atom. The minimum atomic E-state index is -0.495. The predicted octanol–water partition coefficient (Wildman–Crippen LogP) is 4.29. The lowest BCUT2D eigenvalue weighted by Gasteiger charge is -2.34. The number of carbonyl (C=O) groups is 1. The van der Waals surface area contributed by atoms with Crippen LogP contribution in [0.1, 0.15) is 52.0 Å². The summed E-state index contributed by atoms with van der Waals surface area (Å²) in [5.74, 6) is 1.06. The van der Waals surface area contributed by atoms with E-state index in [1.807, 2.05) is 49.9 Å². The van der Waals surface area contributed by atoms with Crippen LogP contribution in [0.4, 0.5) is 4.79 Å². The largest absolute Gasteiger partial charge is 0.444 e. The van der Waals surface area contributed by atoms with Crippen molar-refractivity contribution in [2.45, 2.75) is 57.7 Å². The minimum Gasteiger partial charge on any atom is -0.444 e. The topological polar surface area (TPSA) is 55.6 Å². The third-order valence-electron chi connectivity index (χ3n) is 4.75. The molecule has 2 bridgehead atoms. The third kappa shape index (κ3) is 2.48. The highest BCUT2D eigenvalue weighted by molar-refractivity contribution is 5.73. The van der Waals surface area contributed by atoms with E-state index in [0.717, 1.165) is 30.4 Å². The second-order valence-corrected chi connectivity index (χ2v) is 7.58. The summed E-state index contributed by atoms with van der Waals surface area (Å²) in [5.41, 5.74) is 1.12. The van der Waals surface area contributed by atoms with E-state index in [1.165, 1.54) is 0 Å². The zero-order chi connectivity index (χ0) is 16.2. The van der Waals surface area contributed by atoms with Gasteiger partial charge in [0.05, 0.1) is 0 Å². The molecule has 1 saturated carbocycles. The summed E-state index contributed by atoms with van der Waals surface area (Å²) in [6.07, 6.45) is 2.92. The maximum absolute atomic E-state index is 12.7. The van der Waals surface area contributed by atoms with Gasteiger partial charge in [-0.05, 0) is 58.1 Å². The Bertz CT molecular complexity index is 713. The first-order chi connectivity index (χ1) is 10.9. The molecule has 1 aliphatic carbocycles. The Balaban J connectivity index is 1.68. The summed E-state index contributed by atoms with van der Waals surface area (Å²) >= 11 is 0. The number of likely N-dealkylation sites (tertiary alicyclic amines) is 1. The molecule has 1 aromatic carbocycles. The molecular weight excluding hydrogens is 292 g/mol. The highest BCUT2D eigenvalue weighted by Crippen LogP contribution is 2.50. The lowest BCUT2D eigenvalue weighted by atomic mass is 9.99. The first kappa shape index (κ1) is 14.5. The van der Waals surface area contributed by atoms with E-state index in [2.05, 4.69) is 4.98 Å². The van der Waals surface area contributed by atoms with Gasteiger partial charge in [-0.2, -0.15) is 0 Å². The van der Waals surface area contributed by atoms with Gasteiger partial charge in [0, 0.05) is 6.04 Å². The predicted molar refractivity (Wildman–Crippen MR) is 86.0 cm³/mol. The van der Waals surface area contributed by atoms with Gasteiger partial charge in [-0.1, -0.05) is 12.1 Å². The Morgan fingerprint density at radius 3 is 2.83 bits per heavy atom. The number of piperidine rings is 1. The summed E-state index contributed by atoms with van der Waals surface area (Å²) in [7, 11) is 0. The normalized spacial score (nSPS) is 26.9. The van der Waals surface area contributed by atoms with Gasteiger partial charge >= 0.3 is 6.09 Å². The number of rotatable bonds is 1. The van der Waals surface area contributed by atoms with Gasteiger partial charge < -0.3 is 9.15 Å². The fourth-order valence-corrected chi connectivity index (χ4v) is 3.90. The summed E-state index contributed by atoms with van der Waals surface area (Å²) < 4.78 is 11.6. The molecule has 2 aliphatic rings. The van der Waals surface area contributed by atoms with E-state index < -0.39 is 5.60 Å². The van der Waals surface area contributed by atoms with Gasteiger partial charge in [0.1, 0.15) is 17.2 Å². The van der Waals surface area contributed by atoms with Crippen molar-refractivity contribution in [3.05, 3.63) is 30.2 Å². The number of carbonyl (C=O) groups excluding carboxylic acids is 1. The molecule has 5 heteroatoms. The van der Waals surface area contributed by atoms with Gasteiger partial charge in [0.25, 0.3) is 0 Å². The molecule has 5 nitrogen and oxygen atoms in total. The number of oxazole rings is 1. The number of nitrogens with zero attached hydrogens (tertiary/aromatic N) is 2. The summed E-state index contributed by atoms with van der Waals surface area (Å²) in [5, 5.41) is 0. The Labute approximate surface area is 135 Å². The van der Waals surface area contributed by atoms with Gasteiger partial charge in [-0.25, -0.2) is 9.78 Å². The van der Waals surface area contributed by atoms with Gasteiger partial charge in [0.15, 0.2) is 5.58 Å². The first-order valence-corrected chi connectivity index (χ1v) is 8.29. The molecule has 1 aromatic heterocycles. The van der Waals surface area contributed by atoms with Crippen molar-refractivity contribution in [3.63, 3.8) is 0 Å². The molecule has 2 heterocycles. The fraction of sp³-hybridized carbons (Fsp3) is 0.556. The average Bonchev–Trinajstić information content (AvgIpc) is 3.17. The average molecular weight is 314 g/mol. The second kappa shape index (κ2) is 4.98. The van der Waals surface area contributed by atoms with Crippen LogP contribution in [0.15, 0.2) is 28.7 Å². The number of ether oxygens (including phenoxy) is 1. The van der Waals surface area contributed by atoms with E-state index in [0.29, 0.717) is 11.8 Å². The lowest BCUT2D eigenvalue weighted by molar-refractivity contribution is 0.00397. The van der Waals surface area contributed by atoms with Crippen molar-refractivity contribution in [3.8, 4) is 0 Å². The van der Waals surface area contributed by atoms with Gasteiger partial charge in [-0.15, -0.1) is 0 Å². The molecule has 0 N–H and O–H groups in total. The fourth-order valence-electron chi connectivity index (χ4n) is 3.90. The standard InChI is InChI=1S/C18H22N2O3/c1-18(2,3)23-17(21)20-12-9-8-11(10-12)15(20)16-19-13-6-4-5-7-14(13)22-16/h4-7,11-12,15H,8-10H2,1-3H3/t11-,12+,15-/m0/s1. The highest BCUT2D eigenvalue weighted by atomic mass is 16.6. The summed E-state index contributed by atoms with van der Waals surface area (Å²) in [6.45, 7) is 5.69. The van der Waals surface area contributed by atoms with Crippen molar-refractivity contribution in [1.82, 2.24) is 9.88 Å². The first-order valence-electron chi connectivity index (χ1n) is 8.29. The summed E-state index contributed by atoms with van der Waals surface area (Å²) in [4.78, 5) is 19.2. The number of amides is 1. The van der Waals surface area contributed by atoms with Crippen LogP contribution in [-0.4, -0.2) is 27.6 Å². The number of para-hydroxylation sites is 2. The van der Waals surface area contributed by atoms with Crippen LogP contribution in [0.2, 0.25) is 0 Å². The van der Waals surface area contributed by atoms with Crippen LogP contribution in [0, 0.1) is 5.92 Å². The van der Waals surface area contributed by atoms with Crippen LogP contribution in [0.3, 0.4) is 0 Å². The SMILES string of the molecule is CC(C)(C)OC(=O)N1[C@@H]2CC[C@@H](C2)[C@H]1c1nc2ccccc2o1. The van der Waals surface area contributed by atoms with E-state index in [1.54, 1.807) is 0 Å². The third-order valence-corrected chi connectivity index (χ3v) is 4.75. The number of benzene rings is 1.